The van der Waals surface area contributed by atoms with Gasteiger partial charge < -0.3 is 13.3 Å². The molecular weight excluding hydrogens is 373 g/mol. The Labute approximate surface area is 157 Å². The first-order valence-electron chi connectivity index (χ1n) is 9.38. The molecule has 3 atom stereocenters. The van der Waals surface area contributed by atoms with Crippen molar-refractivity contribution in [3.05, 3.63) is 0 Å². The zero-order chi connectivity index (χ0) is 17.5. The van der Waals surface area contributed by atoms with Gasteiger partial charge in [-0.05, 0) is 55.2 Å². The molecule has 0 spiro atoms. The van der Waals surface area contributed by atoms with E-state index in [2.05, 4.69) is 52.8 Å². The van der Waals surface area contributed by atoms with Crippen LogP contribution in [0.3, 0.4) is 0 Å². The number of hydrogen-bond acceptors (Lipinski definition) is 4. The van der Waals surface area contributed by atoms with E-state index in [-0.39, 0.29) is 29.3 Å². The molecule has 23 heavy (non-hydrogen) atoms. The highest BCUT2D eigenvalue weighted by Gasteiger charge is 2.20. The van der Waals surface area contributed by atoms with Crippen molar-refractivity contribution in [2.24, 2.45) is 0 Å². The number of hydrogen-bond donors (Lipinski definition) is 0. The van der Waals surface area contributed by atoms with E-state index in [4.69, 9.17) is 13.3 Å². The van der Waals surface area contributed by atoms with Gasteiger partial charge in [-0.3, -0.25) is 0 Å². The highest BCUT2D eigenvalue weighted by Crippen LogP contribution is 2.30. The van der Waals surface area contributed by atoms with Crippen LogP contribution in [-0.4, -0.2) is 62.8 Å². The molecule has 0 rings (SSSR count). The van der Waals surface area contributed by atoms with Crippen molar-refractivity contribution >= 4 is 48.4 Å². The van der Waals surface area contributed by atoms with Gasteiger partial charge >= 0.3 is 0 Å². The van der Waals surface area contributed by atoms with Crippen LogP contribution < -0.4 is 0 Å². The summed E-state index contributed by atoms with van der Waals surface area (Å²) in [5.41, 5.74) is 2.51. The van der Waals surface area contributed by atoms with E-state index in [0.717, 1.165) is 36.4 Å². The Morgan fingerprint density at radius 1 is 0.739 bits per heavy atom. The van der Waals surface area contributed by atoms with E-state index < -0.39 is 7.95 Å². The summed E-state index contributed by atoms with van der Waals surface area (Å²) in [6.45, 7) is 16.3. The number of rotatable bonds is 16. The minimum atomic E-state index is -0.732. The molecule has 0 bridgehead atoms. The van der Waals surface area contributed by atoms with Gasteiger partial charge in [0.2, 0.25) is 0 Å². The van der Waals surface area contributed by atoms with Gasteiger partial charge in [0.1, 0.15) is 7.95 Å². The maximum absolute atomic E-state index is 5.77. The standard InChI is InChI=1S/C15H40O3SSi4/c1-7-16-20-13(4)10-19-23(11-14(5)21-17-8-2)12-15(6)22-18-9-3/h13-15,23H,7-12,20-22H2,1-6H3. The van der Waals surface area contributed by atoms with Gasteiger partial charge in [-0.1, -0.05) is 20.8 Å². The van der Waals surface area contributed by atoms with Gasteiger partial charge in [0.25, 0.3) is 0 Å². The highest BCUT2D eigenvalue weighted by atomic mass is 32.4. The minimum absolute atomic E-state index is 0.319. The molecule has 0 aromatic heterocycles. The van der Waals surface area contributed by atoms with Gasteiger partial charge in [0.15, 0.2) is 29.3 Å². The Hall–Kier alpha value is 1.10. The van der Waals surface area contributed by atoms with Crippen molar-refractivity contribution in [1.82, 2.24) is 0 Å². The van der Waals surface area contributed by atoms with Crippen LogP contribution in [0.25, 0.3) is 0 Å². The quantitative estimate of drug-likeness (QED) is 0.363. The molecule has 3 unspecified atom stereocenters. The Kier molecular flexibility index (Phi) is 17.3. The fourth-order valence-corrected chi connectivity index (χ4v) is 18.5. The fraction of sp³-hybridized carbons (Fsp3) is 1.00. The predicted molar refractivity (Wildman–Crippen MR) is 118 cm³/mol. The van der Waals surface area contributed by atoms with E-state index in [0.29, 0.717) is 0 Å². The maximum Gasteiger partial charge on any atom is 0.165 e. The van der Waals surface area contributed by atoms with Crippen molar-refractivity contribution in [2.45, 2.75) is 70.3 Å². The molecule has 0 radical (unpaired) electrons. The third-order valence-electron chi connectivity index (χ3n) is 3.77. The highest BCUT2D eigenvalue weighted by molar-refractivity contribution is 8.25. The van der Waals surface area contributed by atoms with Crippen molar-refractivity contribution in [3.63, 3.8) is 0 Å². The van der Waals surface area contributed by atoms with Gasteiger partial charge in [-0.25, -0.2) is 0 Å². The monoisotopic (exact) mass is 412 g/mol. The minimum Gasteiger partial charge on any atom is -0.424 e. The predicted octanol–water partition coefficient (Wildman–Crippen LogP) is 2.23. The van der Waals surface area contributed by atoms with Crippen LogP contribution in [0.4, 0.5) is 0 Å². The Morgan fingerprint density at radius 3 is 1.52 bits per heavy atom. The smallest absolute Gasteiger partial charge is 0.165 e. The summed E-state index contributed by atoms with van der Waals surface area (Å²) in [6.07, 6.45) is 0. The van der Waals surface area contributed by atoms with E-state index in [1.165, 1.54) is 17.8 Å². The summed E-state index contributed by atoms with van der Waals surface area (Å²) < 4.78 is 17.2. The average Bonchev–Trinajstić information content (AvgIpc) is 2.53. The van der Waals surface area contributed by atoms with E-state index in [1.54, 1.807) is 0 Å². The van der Waals surface area contributed by atoms with Crippen LogP contribution in [0.1, 0.15) is 41.5 Å². The summed E-state index contributed by atoms with van der Waals surface area (Å²) in [7, 11) is -1.69. The topological polar surface area (TPSA) is 27.7 Å². The Balaban J connectivity index is 4.29. The molecule has 0 aliphatic rings. The lowest BCUT2D eigenvalue weighted by atomic mass is 10.5. The fourth-order valence-electron chi connectivity index (χ4n) is 2.57. The zero-order valence-electron chi connectivity index (χ0n) is 16.3. The second kappa shape index (κ2) is 16.6. The molecular formula is C15H40O3SSi4. The molecule has 0 saturated heterocycles. The van der Waals surface area contributed by atoms with Crippen LogP contribution in [0.5, 0.6) is 0 Å². The molecule has 0 amide bonds. The first-order chi connectivity index (χ1) is 11.0. The molecule has 0 fully saturated rings. The molecule has 3 nitrogen and oxygen atoms in total. The lowest BCUT2D eigenvalue weighted by Gasteiger charge is -2.23. The molecule has 0 heterocycles. The summed E-state index contributed by atoms with van der Waals surface area (Å²) in [5, 5.41) is 0. The Morgan fingerprint density at radius 2 is 1.13 bits per heavy atom. The van der Waals surface area contributed by atoms with Crippen molar-refractivity contribution in [3.8, 4) is 0 Å². The molecule has 0 aromatic carbocycles. The molecule has 8 heteroatoms. The maximum atomic E-state index is 5.77. The van der Waals surface area contributed by atoms with Crippen molar-refractivity contribution in [1.29, 1.82) is 0 Å². The molecule has 0 aliphatic heterocycles. The largest absolute Gasteiger partial charge is 0.424 e. The third-order valence-corrected chi connectivity index (χ3v) is 17.2. The lowest BCUT2D eigenvalue weighted by Crippen LogP contribution is -2.20. The SMILES string of the molecule is CCO[SiH2]C(C)CS[SiH](CC(C)[SiH2]OCC)CC(C)[SiH2]OCC. The van der Waals surface area contributed by atoms with Crippen LogP contribution >= 0.6 is 11.2 Å². The first kappa shape index (κ1) is 24.1. The molecule has 140 valence electrons. The molecule has 0 aliphatic carbocycles. The van der Waals surface area contributed by atoms with Gasteiger partial charge in [0.05, 0.1) is 0 Å². The molecule has 0 N–H and O–H groups in total. The van der Waals surface area contributed by atoms with E-state index >= 15 is 0 Å². The summed E-state index contributed by atoms with van der Waals surface area (Å²) >= 11 is 2.33. The molecule has 0 saturated carbocycles. The second-order valence-corrected chi connectivity index (χ2v) is 19.0. The second-order valence-electron chi connectivity index (χ2n) is 6.72. The van der Waals surface area contributed by atoms with Crippen LogP contribution in [-0.2, 0) is 13.3 Å². The molecule has 0 aromatic rings. The van der Waals surface area contributed by atoms with Crippen molar-refractivity contribution in [2.75, 3.05) is 25.6 Å². The summed E-state index contributed by atoms with van der Waals surface area (Å²) in [6, 6.07) is 2.93. The van der Waals surface area contributed by atoms with Crippen LogP contribution in [0.15, 0.2) is 0 Å². The first-order valence-corrected chi connectivity index (χ1v) is 17.7. The van der Waals surface area contributed by atoms with Crippen molar-refractivity contribution < 1.29 is 13.3 Å². The van der Waals surface area contributed by atoms with Gasteiger partial charge in [-0.15, -0.1) is 0 Å². The van der Waals surface area contributed by atoms with Crippen LogP contribution in [0, 0.1) is 0 Å². The van der Waals surface area contributed by atoms with E-state index in [1.807, 2.05) is 0 Å². The lowest BCUT2D eigenvalue weighted by molar-refractivity contribution is 0.354. The average molecular weight is 413 g/mol. The van der Waals surface area contributed by atoms with Crippen LogP contribution in [0.2, 0.25) is 28.7 Å². The van der Waals surface area contributed by atoms with Gasteiger partial charge in [0, 0.05) is 19.8 Å². The zero-order valence-corrected chi connectivity index (χ0v) is 22.5. The van der Waals surface area contributed by atoms with E-state index in [9.17, 15) is 0 Å². The Bertz CT molecular complexity index is 249. The summed E-state index contributed by atoms with van der Waals surface area (Å²) in [4.78, 5) is 0. The van der Waals surface area contributed by atoms with Gasteiger partial charge in [-0.2, -0.15) is 11.2 Å². The normalized spacial score (nSPS) is 18.5. The third kappa shape index (κ3) is 15.1. The summed E-state index contributed by atoms with van der Waals surface area (Å²) in [5.74, 6) is 1.33.